The van der Waals surface area contributed by atoms with E-state index in [1.165, 1.54) is 17.9 Å². The van der Waals surface area contributed by atoms with Gasteiger partial charge < -0.3 is 14.9 Å². The zero-order chi connectivity index (χ0) is 33.2. The molecule has 1 N–H and O–H groups in total. The van der Waals surface area contributed by atoms with Crippen molar-refractivity contribution in [2.45, 2.75) is 81.6 Å². The largest absolute Gasteiger partial charge is 0.481 e. The van der Waals surface area contributed by atoms with Crippen molar-refractivity contribution in [1.29, 1.82) is 0 Å². The summed E-state index contributed by atoms with van der Waals surface area (Å²) in [5.74, 6) is 0.0427. The van der Waals surface area contributed by atoms with Crippen LogP contribution in [0.25, 0.3) is 0 Å². The molecule has 1 saturated carbocycles. The fourth-order valence-corrected chi connectivity index (χ4v) is 9.08. The number of carboxylic acid groups (broad SMARTS) is 1. The van der Waals surface area contributed by atoms with Gasteiger partial charge in [-0.15, -0.1) is 0 Å². The summed E-state index contributed by atoms with van der Waals surface area (Å²) in [6.45, 7) is 7.83. The summed E-state index contributed by atoms with van der Waals surface area (Å²) >= 11 is 0. The topological polar surface area (TPSA) is 95.7 Å². The van der Waals surface area contributed by atoms with Crippen LogP contribution >= 0.6 is 0 Å². The summed E-state index contributed by atoms with van der Waals surface area (Å²) in [4.78, 5) is 17.7. The van der Waals surface area contributed by atoms with Gasteiger partial charge in [-0.25, -0.2) is 12.8 Å². The van der Waals surface area contributed by atoms with Crippen LogP contribution in [-0.2, 0) is 27.6 Å². The third-order valence-corrected chi connectivity index (χ3v) is 12.1. The molecular weight excluding hydrogens is 615 g/mol. The first-order valence-corrected chi connectivity index (χ1v) is 19.2. The van der Waals surface area contributed by atoms with Crippen LogP contribution < -0.4 is 0 Å². The van der Waals surface area contributed by atoms with Gasteiger partial charge in [-0.2, -0.15) is 5.10 Å². The molecule has 0 radical (unpaired) electrons. The number of carboxylic acids is 1. The summed E-state index contributed by atoms with van der Waals surface area (Å²) in [6, 6.07) is 14.0. The van der Waals surface area contributed by atoms with Crippen molar-refractivity contribution in [2.75, 3.05) is 45.5 Å². The number of hydrogen-bond acceptors (Lipinski definition) is 6. The molecule has 0 spiro atoms. The summed E-state index contributed by atoms with van der Waals surface area (Å²) in [6.07, 6.45) is 10.9. The molecule has 1 aliphatic carbocycles. The fourth-order valence-electron chi connectivity index (χ4n) is 8.45. The van der Waals surface area contributed by atoms with E-state index in [1.807, 2.05) is 22.9 Å². The first kappa shape index (κ1) is 33.8. The number of rotatable bonds is 11. The minimum Gasteiger partial charge on any atom is -0.481 e. The zero-order valence-electron chi connectivity index (χ0n) is 27.8. The zero-order valence-corrected chi connectivity index (χ0v) is 28.6. The first-order valence-electron chi connectivity index (χ1n) is 17.3. The van der Waals surface area contributed by atoms with Gasteiger partial charge in [-0.1, -0.05) is 50.5 Å². The lowest BCUT2D eigenvalue weighted by Crippen LogP contribution is -2.44. The van der Waals surface area contributed by atoms with E-state index < -0.39 is 21.2 Å². The van der Waals surface area contributed by atoms with Crippen molar-refractivity contribution in [3.63, 3.8) is 0 Å². The van der Waals surface area contributed by atoms with Crippen molar-refractivity contribution in [3.05, 3.63) is 82.9 Å². The van der Waals surface area contributed by atoms with Crippen molar-refractivity contribution in [1.82, 2.24) is 19.6 Å². The second kappa shape index (κ2) is 14.2. The minimum absolute atomic E-state index is 0.175. The normalized spacial score (nSPS) is 22.9. The van der Waals surface area contributed by atoms with Gasteiger partial charge in [0.05, 0.1) is 22.5 Å². The van der Waals surface area contributed by atoms with E-state index in [9.17, 15) is 22.7 Å². The maximum Gasteiger partial charge on any atom is 0.310 e. The van der Waals surface area contributed by atoms with Crippen LogP contribution in [0.4, 0.5) is 4.39 Å². The lowest BCUT2D eigenvalue weighted by molar-refractivity contribution is -0.152. The number of aryl methyl sites for hydroxylation is 1. The summed E-state index contributed by atoms with van der Waals surface area (Å²) < 4.78 is 40.0. The molecule has 0 unspecified atom stereocenters. The molecule has 3 heterocycles. The predicted octanol–water partition coefficient (Wildman–Crippen LogP) is 5.97. The summed E-state index contributed by atoms with van der Waals surface area (Å²) in [5, 5.41) is 15.2. The number of hydrogen-bond donors (Lipinski definition) is 1. The molecule has 3 fully saturated rings. The van der Waals surface area contributed by atoms with Crippen molar-refractivity contribution in [2.24, 2.45) is 11.3 Å². The van der Waals surface area contributed by atoms with Crippen LogP contribution in [0.5, 0.6) is 0 Å². The molecule has 6 rings (SSSR count). The van der Waals surface area contributed by atoms with Crippen LogP contribution in [-0.4, -0.2) is 84.6 Å². The monoisotopic (exact) mass is 664 g/mol. The Kier molecular flexibility index (Phi) is 10.2. The Morgan fingerprint density at radius 1 is 1.02 bits per heavy atom. The predicted molar refractivity (Wildman–Crippen MR) is 181 cm³/mol. The van der Waals surface area contributed by atoms with Crippen molar-refractivity contribution >= 4 is 15.8 Å². The Labute approximate surface area is 278 Å². The van der Waals surface area contributed by atoms with Gasteiger partial charge in [0.1, 0.15) is 5.82 Å². The van der Waals surface area contributed by atoms with E-state index in [-0.39, 0.29) is 11.7 Å². The van der Waals surface area contributed by atoms with Gasteiger partial charge in [-0.3, -0.25) is 9.48 Å². The number of piperidine rings is 1. The highest BCUT2D eigenvalue weighted by Crippen LogP contribution is 2.41. The third kappa shape index (κ3) is 7.81. The van der Waals surface area contributed by atoms with Gasteiger partial charge in [0.25, 0.3) is 0 Å². The number of halogens is 1. The minimum atomic E-state index is -3.22. The van der Waals surface area contributed by atoms with E-state index in [0.717, 1.165) is 101 Å². The number of aliphatic carboxylic acids is 1. The van der Waals surface area contributed by atoms with E-state index in [1.54, 1.807) is 24.3 Å². The Hall–Kier alpha value is -3.08. The second-order valence-electron chi connectivity index (χ2n) is 14.3. The molecule has 2 aromatic carbocycles. The van der Waals surface area contributed by atoms with E-state index in [2.05, 4.69) is 22.9 Å². The average molecular weight is 665 g/mol. The third-order valence-electron chi connectivity index (χ3n) is 11.0. The molecule has 10 heteroatoms. The molecule has 0 bridgehead atoms. The number of nitrogens with zero attached hydrogens (tertiary/aromatic N) is 4. The van der Waals surface area contributed by atoms with Crippen LogP contribution in [0.3, 0.4) is 0 Å². The molecule has 8 nitrogen and oxygen atoms in total. The molecule has 3 aromatic rings. The van der Waals surface area contributed by atoms with Crippen LogP contribution in [0.2, 0.25) is 0 Å². The molecule has 1 aromatic heterocycles. The molecule has 2 atom stereocenters. The molecule has 0 amide bonds. The van der Waals surface area contributed by atoms with E-state index in [4.69, 9.17) is 5.10 Å². The highest BCUT2D eigenvalue weighted by Gasteiger charge is 2.44. The van der Waals surface area contributed by atoms with Gasteiger partial charge in [0, 0.05) is 44.5 Å². The number of sulfone groups is 1. The summed E-state index contributed by atoms with van der Waals surface area (Å²) in [7, 11) is -3.22. The maximum atomic E-state index is 14.4. The lowest BCUT2D eigenvalue weighted by atomic mass is 9.73. The Balaban J connectivity index is 1.11. The second-order valence-corrected chi connectivity index (χ2v) is 16.4. The molecule has 254 valence electrons. The Morgan fingerprint density at radius 2 is 1.74 bits per heavy atom. The van der Waals surface area contributed by atoms with Crippen molar-refractivity contribution in [3.8, 4) is 0 Å². The number of carbonyl (C=O) groups is 1. The fraction of sp³-hybridized carbons (Fsp3) is 0.568. The lowest BCUT2D eigenvalue weighted by Gasteiger charge is -2.37. The van der Waals surface area contributed by atoms with E-state index in [0.29, 0.717) is 29.8 Å². The highest BCUT2D eigenvalue weighted by molar-refractivity contribution is 7.90. The molecule has 2 aliphatic heterocycles. The average Bonchev–Trinajstić information content (AvgIpc) is 3.65. The van der Waals surface area contributed by atoms with Gasteiger partial charge >= 0.3 is 5.97 Å². The molecule has 2 saturated heterocycles. The molecule has 47 heavy (non-hydrogen) atoms. The SMILES string of the molecule is CCc1nn(Cc2ccc(S(C)(=O)=O)cc2)cc1C1CCN(C[C@@H]2CN(CC3(C(=O)O)CCCCC3)C[C@@H]2c2cccc(F)c2)CC1. The first-order chi connectivity index (χ1) is 22.5. The van der Waals surface area contributed by atoms with Gasteiger partial charge in [-0.05, 0) is 98.0 Å². The van der Waals surface area contributed by atoms with Crippen molar-refractivity contribution < 1.29 is 22.7 Å². The quantitative estimate of drug-likeness (QED) is 0.270. The Bertz CT molecular complexity index is 1640. The molecule has 3 aliphatic rings. The highest BCUT2D eigenvalue weighted by atomic mass is 32.2. The van der Waals surface area contributed by atoms with Gasteiger partial charge in [0.15, 0.2) is 9.84 Å². The van der Waals surface area contributed by atoms with Crippen LogP contribution in [0.1, 0.15) is 86.1 Å². The van der Waals surface area contributed by atoms with E-state index >= 15 is 0 Å². The van der Waals surface area contributed by atoms with Crippen LogP contribution in [0.15, 0.2) is 59.6 Å². The summed E-state index contributed by atoms with van der Waals surface area (Å²) in [5.41, 5.74) is 3.81. The van der Waals surface area contributed by atoms with Gasteiger partial charge in [0.2, 0.25) is 0 Å². The number of likely N-dealkylation sites (tertiary alicyclic amines) is 2. The maximum absolute atomic E-state index is 14.4. The number of benzene rings is 2. The smallest absolute Gasteiger partial charge is 0.310 e. The Morgan fingerprint density at radius 3 is 2.38 bits per heavy atom. The molecular formula is C37H49FN4O4S. The number of aromatic nitrogens is 2. The van der Waals surface area contributed by atoms with Crippen LogP contribution in [0, 0.1) is 17.2 Å². The standard InChI is InChI=1S/C37H49FN4O4S/c1-3-35-34(25-42(39-35)21-27-10-12-32(13-11-27)47(2,45)46)28-14-18-40(19-15-28)22-30-23-41(24-33(30)29-8-7-9-31(38)20-29)26-37(36(43)44)16-5-4-6-17-37/h7-13,20,25,28,30,33H,3-6,14-19,21-24,26H2,1-2H3,(H,43,44)/t30-,33-/m1/s1.